The maximum Gasteiger partial charge on any atom is 0.230 e. The molecule has 0 aromatic heterocycles. The molecular formula is C17H23Cl2NO2. The predicted molar refractivity (Wildman–Crippen MR) is 90.4 cm³/mol. The summed E-state index contributed by atoms with van der Waals surface area (Å²) in [4.78, 5) is 12.8. The van der Waals surface area contributed by atoms with Crippen molar-refractivity contribution in [3.63, 3.8) is 0 Å². The minimum absolute atomic E-state index is 0.0135. The van der Waals surface area contributed by atoms with Crippen molar-refractivity contribution in [3.05, 3.63) is 33.8 Å². The molecule has 2 N–H and O–H groups in total. The topological polar surface area (TPSA) is 49.3 Å². The van der Waals surface area contributed by atoms with Crippen LogP contribution in [-0.4, -0.2) is 24.7 Å². The largest absolute Gasteiger partial charge is 0.396 e. The third kappa shape index (κ3) is 3.12. The molecular weight excluding hydrogens is 321 g/mol. The van der Waals surface area contributed by atoms with Crippen molar-refractivity contribution < 1.29 is 9.90 Å². The van der Waals surface area contributed by atoms with Crippen molar-refractivity contribution in [3.8, 4) is 0 Å². The van der Waals surface area contributed by atoms with Crippen LogP contribution in [0.15, 0.2) is 18.2 Å². The average Bonchev–Trinajstić information content (AvgIpc) is 2.69. The maximum atomic E-state index is 12.8. The van der Waals surface area contributed by atoms with Gasteiger partial charge in [0.25, 0.3) is 0 Å². The first kappa shape index (κ1) is 17.6. The van der Waals surface area contributed by atoms with Crippen molar-refractivity contribution in [1.82, 2.24) is 5.32 Å². The van der Waals surface area contributed by atoms with Gasteiger partial charge in [0.05, 0.1) is 15.5 Å². The molecule has 1 aromatic carbocycles. The lowest BCUT2D eigenvalue weighted by molar-refractivity contribution is -0.129. The van der Waals surface area contributed by atoms with E-state index in [0.717, 1.165) is 24.8 Å². The fourth-order valence-electron chi connectivity index (χ4n) is 3.61. The number of likely N-dealkylation sites (N-methyl/N-ethyl adjacent to an activating group) is 1. The van der Waals surface area contributed by atoms with Crippen molar-refractivity contribution in [1.29, 1.82) is 0 Å². The molecule has 2 rings (SSSR count). The molecule has 3 atom stereocenters. The van der Waals surface area contributed by atoms with Gasteiger partial charge in [-0.3, -0.25) is 4.79 Å². The highest BCUT2D eigenvalue weighted by molar-refractivity contribution is 6.42. The number of halogens is 2. The zero-order valence-electron chi connectivity index (χ0n) is 13.0. The lowest BCUT2D eigenvalue weighted by atomic mass is 9.66. The molecule has 1 amide bonds. The highest BCUT2D eigenvalue weighted by atomic mass is 35.5. The van der Waals surface area contributed by atoms with Crippen LogP contribution in [0.5, 0.6) is 0 Å². The Morgan fingerprint density at radius 1 is 1.32 bits per heavy atom. The Balaban J connectivity index is 2.58. The lowest BCUT2D eigenvalue weighted by Crippen LogP contribution is -2.49. The van der Waals surface area contributed by atoms with Gasteiger partial charge in [-0.15, -0.1) is 0 Å². The zero-order chi connectivity index (χ0) is 16.3. The third-order valence-electron chi connectivity index (χ3n) is 5.02. The van der Waals surface area contributed by atoms with Gasteiger partial charge in [0.2, 0.25) is 5.91 Å². The number of hydrogen-bond acceptors (Lipinski definition) is 2. The molecule has 1 aromatic rings. The number of hydrogen-bond donors (Lipinski definition) is 2. The average molecular weight is 344 g/mol. The Labute approximate surface area is 142 Å². The van der Waals surface area contributed by atoms with E-state index in [1.54, 1.807) is 19.2 Å². The first-order valence-corrected chi connectivity index (χ1v) is 8.49. The summed E-state index contributed by atoms with van der Waals surface area (Å²) < 4.78 is 0. The highest BCUT2D eigenvalue weighted by Gasteiger charge is 2.47. The van der Waals surface area contributed by atoms with Crippen molar-refractivity contribution >= 4 is 29.1 Å². The molecule has 1 fully saturated rings. The molecule has 0 radical (unpaired) electrons. The van der Waals surface area contributed by atoms with Gasteiger partial charge in [-0.2, -0.15) is 0 Å². The van der Waals surface area contributed by atoms with E-state index < -0.39 is 5.41 Å². The number of aliphatic hydroxyl groups is 1. The summed E-state index contributed by atoms with van der Waals surface area (Å²) in [6, 6.07) is 5.37. The van der Waals surface area contributed by atoms with Crippen molar-refractivity contribution in [2.45, 2.75) is 38.0 Å². The number of carbonyl (C=O) groups excluding carboxylic acids is 1. The quantitative estimate of drug-likeness (QED) is 0.820. The van der Waals surface area contributed by atoms with E-state index in [-0.39, 0.29) is 18.4 Å². The Bertz CT molecular complexity index is 549. The van der Waals surface area contributed by atoms with Crippen molar-refractivity contribution in [2.24, 2.45) is 11.8 Å². The van der Waals surface area contributed by atoms with Crippen LogP contribution in [0, 0.1) is 11.8 Å². The van der Waals surface area contributed by atoms with Gasteiger partial charge in [0.15, 0.2) is 0 Å². The molecule has 0 aliphatic heterocycles. The Morgan fingerprint density at radius 2 is 2.05 bits per heavy atom. The Kier molecular flexibility index (Phi) is 5.76. The van der Waals surface area contributed by atoms with E-state index >= 15 is 0 Å². The molecule has 3 unspecified atom stereocenters. The summed E-state index contributed by atoms with van der Waals surface area (Å²) >= 11 is 12.2. The van der Waals surface area contributed by atoms with Gasteiger partial charge in [0.1, 0.15) is 0 Å². The van der Waals surface area contributed by atoms with Crippen LogP contribution in [0.25, 0.3) is 0 Å². The van der Waals surface area contributed by atoms with Gasteiger partial charge in [-0.25, -0.2) is 0 Å². The van der Waals surface area contributed by atoms with Crippen LogP contribution in [0.1, 0.15) is 38.2 Å². The number of aliphatic hydroxyl groups excluding tert-OH is 1. The van der Waals surface area contributed by atoms with Gasteiger partial charge < -0.3 is 10.4 Å². The fraction of sp³-hybridized carbons (Fsp3) is 0.588. The predicted octanol–water partition coefficient (Wildman–Crippen LogP) is 3.80. The highest BCUT2D eigenvalue weighted by Crippen LogP contribution is 2.45. The summed E-state index contributed by atoms with van der Waals surface area (Å²) in [5, 5.41) is 13.6. The second-order valence-electron chi connectivity index (χ2n) is 6.28. The van der Waals surface area contributed by atoms with Gasteiger partial charge in [-0.05, 0) is 42.9 Å². The monoisotopic (exact) mass is 343 g/mol. The fourth-order valence-corrected chi connectivity index (χ4v) is 3.91. The summed E-state index contributed by atoms with van der Waals surface area (Å²) in [5.74, 6) is 0.372. The zero-order valence-corrected chi connectivity index (χ0v) is 14.5. The maximum absolute atomic E-state index is 12.8. The SMILES string of the molecule is CNC(=O)C1(c2ccc(Cl)c(Cl)c2)CCC(C)CCC1CO. The number of rotatable bonds is 3. The molecule has 3 nitrogen and oxygen atoms in total. The van der Waals surface area contributed by atoms with Gasteiger partial charge in [0, 0.05) is 19.6 Å². The smallest absolute Gasteiger partial charge is 0.230 e. The number of carbonyl (C=O) groups is 1. The van der Waals surface area contributed by atoms with Crippen LogP contribution in [0.3, 0.4) is 0 Å². The van der Waals surface area contributed by atoms with Gasteiger partial charge in [-0.1, -0.05) is 42.6 Å². The van der Waals surface area contributed by atoms with Crippen LogP contribution in [0.2, 0.25) is 10.0 Å². The summed E-state index contributed by atoms with van der Waals surface area (Å²) in [6.45, 7) is 2.18. The molecule has 0 heterocycles. The third-order valence-corrected chi connectivity index (χ3v) is 5.76. The van der Waals surface area contributed by atoms with E-state index in [1.807, 2.05) is 6.07 Å². The Morgan fingerprint density at radius 3 is 2.64 bits per heavy atom. The molecule has 0 spiro atoms. The van der Waals surface area contributed by atoms with E-state index in [2.05, 4.69) is 12.2 Å². The standard InChI is InChI=1S/C17H23Cl2NO2/c1-11-3-4-13(10-21)17(8-7-11,16(22)20-2)12-5-6-14(18)15(19)9-12/h5-6,9,11,13,21H,3-4,7-8,10H2,1-2H3,(H,20,22). The van der Waals surface area contributed by atoms with Gasteiger partial charge >= 0.3 is 0 Å². The summed E-state index contributed by atoms with van der Waals surface area (Å²) in [7, 11) is 1.64. The minimum atomic E-state index is -0.748. The van der Waals surface area contributed by atoms with Crippen LogP contribution >= 0.6 is 23.2 Å². The molecule has 1 aliphatic rings. The summed E-state index contributed by atoms with van der Waals surface area (Å²) in [5.41, 5.74) is 0.0945. The van der Waals surface area contributed by atoms with E-state index in [1.165, 1.54) is 0 Å². The molecule has 22 heavy (non-hydrogen) atoms. The molecule has 0 bridgehead atoms. The minimum Gasteiger partial charge on any atom is -0.396 e. The molecule has 5 heteroatoms. The number of benzene rings is 1. The lowest BCUT2D eigenvalue weighted by Gasteiger charge is -2.38. The number of nitrogens with one attached hydrogen (secondary N) is 1. The normalized spacial score (nSPS) is 29.0. The van der Waals surface area contributed by atoms with Crippen LogP contribution < -0.4 is 5.32 Å². The van der Waals surface area contributed by atoms with E-state index in [9.17, 15) is 9.90 Å². The molecule has 1 aliphatic carbocycles. The molecule has 122 valence electrons. The second-order valence-corrected chi connectivity index (χ2v) is 7.09. The molecule has 0 saturated heterocycles. The van der Waals surface area contributed by atoms with E-state index in [0.29, 0.717) is 22.4 Å². The Hall–Kier alpha value is -0.770. The van der Waals surface area contributed by atoms with Crippen molar-refractivity contribution in [2.75, 3.05) is 13.7 Å². The first-order chi connectivity index (χ1) is 10.5. The second kappa shape index (κ2) is 7.20. The van der Waals surface area contributed by atoms with Crippen LogP contribution in [-0.2, 0) is 10.2 Å². The van der Waals surface area contributed by atoms with E-state index in [4.69, 9.17) is 23.2 Å². The first-order valence-electron chi connectivity index (χ1n) is 7.74. The summed E-state index contributed by atoms with van der Waals surface area (Å²) in [6.07, 6.45) is 3.50. The number of amides is 1. The van der Waals surface area contributed by atoms with Crippen LogP contribution in [0.4, 0.5) is 0 Å². The molecule has 1 saturated carbocycles.